The van der Waals surface area contributed by atoms with E-state index in [1.54, 1.807) is 6.07 Å². The van der Waals surface area contributed by atoms with Gasteiger partial charge in [-0.05, 0) is 42.7 Å². The molecule has 2 saturated heterocycles. The number of amides is 1. The number of hydrogen-bond acceptors (Lipinski definition) is 8. The van der Waals surface area contributed by atoms with Crippen molar-refractivity contribution in [2.45, 2.75) is 38.5 Å². The lowest BCUT2D eigenvalue weighted by Crippen LogP contribution is -2.34. The molecule has 9 nitrogen and oxygen atoms in total. The van der Waals surface area contributed by atoms with E-state index in [-0.39, 0.29) is 30.7 Å². The van der Waals surface area contributed by atoms with Gasteiger partial charge in [-0.25, -0.2) is 23.5 Å². The quantitative estimate of drug-likeness (QED) is 0.344. The van der Waals surface area contributed by atoms with Crippen LogP contribution in [0.2, 0.25) is 0 Å². The van der Waals surface area contributed by atoms with E-state index < -0.39 is 17.7 Å². The van der Waals surface area contributed by atoms with Crippen molar-refractivity contribution >= 4 is 28.5 Å². The van der Waals surface area contributed by atoms with Gasteiger partial charge < -0.3 is 14.2 Å². The lowest BCUT2D eigenvalue weighted by molar-refractivity contribution is 0.181. The fourth-order valence-electron chi connectivity index (χ4n) is 5.09. The third-order valence-corrected chi connectivity index (χ3v) is 7.10. The second-order valence-electron chi connectivity index (χ2n) is 9.89. The summed E-state index contributed by atoms with van der Waals surface area (Å²) >= 11 is 0. The highest BCUT2D eigenvalue weighted by Crippen LogP contribution is 2.37. The number of carbonyl (C=O) groups is 1. The van der Waals surface area contributed by atoms with Crippen LogP contribution < -0.4 is 9.80 Å². The van der Waals surface area contributed by atoms with Crippen LogP contribution in [0, 0.1) is 11.6 Å². The van der Waals surface area contributed by atoms with Gasteiger partial charge in [0.1, 0.15) is 30.4 Å². The molecule has 0 atom stereocenters. The highest BCUT2D eigenvalue weighted by Gasteiger charge is 2.28. The molecule has 11 heteroatoms. The van der Waals surface area contributed by atoms with E-state index in [1.165, 1.54) is 35.5 Å². The van der Waals surface area contributed by atoms with Gasteiger partial charge in [0.2, 0.25) is 5.89 Å². The number of carbonyl (C=O) groups excluding carboxylic acids is 1. The summed E-state index contributed by atoms with van der Waals surface area (Å²) < 4.78 is 40.2. The Bertz CT molecular complexity index is 1520. The minimum atomic E-state index is -0.600. The van der Waals surface area contributed by atoms with Crippen LogP contribution in [-0.2, 0) is 4.74 Å². The predicted octanol–water partition coefficient (Wildman–Crippen LogP) is 5.42. The summed E-state index contributed by atoms with van der Waals surface area (Å²) in [4.78, 5) is 28.7. The minimum absolute atomic E-state index is 0.122. The average molecular weight is 521 g/mol. The van der Waals surface area contributed by atoms with Crippen LogP contribution in [0.3, 0.4) is 0 Å². The highest BCUT2D eigenvalue weighted by atomic mass is 19.1. The molecule has 6 rings (SSSR count). The molecule has 2 aromatic carbocycles. The first-order valence-corrected chi connectivity index (χ1v) is 12.7. The lowest BCUT2D eigenvalue weighted by Gasteiger charge is -2.32. The minimum Gasteiger partial charge on any atom is -0.447 e. The van der Waals surface area contributed by atoms with Crippen LogP contribution in [0.4, 0.5) is 25.1 Å². The van der Waals surface area contributed by atoms with Crippen LogP contribution >= 0.6 is 0 Å². The summed E-state index contributed by atoms with van der Waals surface area (Å²) in [7, 11) is 0. The maximum absolute atomic E-state index is 15.1. The molecule has 2 aliphatic heterocycles. The van der Waals surface area contributed by atoms with Crippen LogP contribution in [0.15, 0.2) is 41.2 Å². The van der Waals surface area contributed by atoms with Gasteiger partial charge in [0.15, 0.2) is 5.82 Å². The van der Waals surface area contributed by atoms with Gasteiger partial charge in [0, 0.05) is 35.9 Å². The number of halogens is 2. The summed E-state index contributed by atoms with van der Waals surface area (Å²) in [6.45, 7) is 5.88. The number of aromatic nitrogens is 4. The Balaban J connectivity index is 1.29. The Kier molecular flexibility index (Phi) is 6.13. The molecule has 196 valence electrons. The second kappa shape index (κ2) is 9.62. The molecule has 38 heavy (non-hydrogen) atoms. The van der Waals surface area contributed by atoms with Crippen molar-refractivity contribution in [3.8, 4) is 11.1 Å². The molecule has 2 aromatic heterocycles. The van der Waals surface area contributed by atoms with E-state index in [4.69, 9.17) is 9.26 Å². The Morgan fingerprint density at radius 2 is 1.87 bits per heavy atom. The van der Waals surface area contributed by atoms with E-state index in [1.807, 2.05) is 13.8 Å². The highest BCUT2D eigenvalue weighted by molar-refractivity contribution is 5.99. The predicted molar refractivity (Wildman–Crippen MR) is 136 cm³/mol. The summed E-state index contributed by atoms with van der Waals surface area (Å²) in [6, 6.07) is 7.20. The molecule has 0 N–H and O–H groups in total. The summed E-state index contributed by atoms with van der Waals surface area (Å²) in [5.41, 5.74) is 1.54. The van der Waals surface area contributed by atoms with Gasteiger partial charge in [0.25, 0.3) is 0 Å². The molecule has 1 amide bonds. The molecule has 0 aliphatic carbocycles. The van der Waals surface area contributed by atoms with Gasteiger partial charge >= 0.3 is 6.09 Å². The number of anilines is 2. The number of hydrogen-bond donors (Lipinski definition) is 0. The smallest absolute Gasteiger partial charge is 0.414 e. The van der Waals surface area contributed by atoms with Gasteiger partial charge in [-0.15, -0.1) is 0 Å². The molecule has 0 radical (unpaired) electrons. The van der Waals surface area contributed by atoms with Crippen molar-refractivity contribution in [1.29, 1.82) is 0 Å². The van der Waals surface area contributed by atoms with Gasteiger partial charge in [-0.3, -0.25) is 4.90 Å². The summed E-state index contributed by atoms with van der Waals surface area (Å²) in [5, 5.41) is 4.72. The maximum Gasteiger partial charge on any atom is 0.414 e. The Hall–Kier alpha value is -4.15. The Morgan fingerprint density at radius 3 is 2.55 bits per heavy atom. The number of rotatable bonds is 5. The monoisotopic (exact) mass is 520 g/mol. The van der Waals surface area contributed by atoms with E-state index >= 15 is 4.39 Å². The summed E-state index contributed by atoms with van der Waals surface area (Å²) in [6.07, 6.45) is 2.46. The second-order valence-corrected chi connectivity index (χ2v) is 9.89. The molecule has 2 aliphatic rings. The van der Waals surface area contributed by atoms with E-state index in [0.29, 0.717) is 46.8 Å². The molecule has 4 heterocycles. The van der Waals surface area contributed by atoms with Crippen molar-refractivity contribution < 1.29 is 22.8 Å². The molecule has 0 unspecified atom stereocenters. The topological polar surface area (TPSA) is 97.5 Å². The van der Waals surface area contributed by atoms with Crippen molar-refractivity contribution in [2.24, 2.45) is 0 Å². The summed E-state index contributed by atoms with van der Waals surface area (Å²) in [5.74, 6) is 1.27. The number of ether oxygens (including phenoxy) is 1. The zero-order chi connectivity index (χ0) is 26.4. The average Bonchev–Trinajstić information content (AvgIpc) is 3.58. The zero-order valence-electron chi connectivity index (χ0n) is 21.0. The molecular formula is C27H26F2N6O3. The van der Waals surface area contributed by atoms with Crippen molar-refractivity contribution in [1.82, 2.24) is 20.1 Å². The molecule has 2 fully saturated rings. The third-order valence-electron chi connectivity index (χ3n) is 7.10. The van der Waals surface area contributed by atoms with Crippen LogP contribution in [0.25, 0.3) is 22.0 Å². The van der Waals surface area contributed by atoms with Gasteiger partial charge in [0.05, 0.1) is 17.7 Å². The standard InChI is InChI=1S/C27H26F2N6O3/c1-15(2)26-32-24(33-38-26)16-5-7-34(8-6-16)25-20-13-18(28)12-19(23(20)30-14-31-25)17-3-4-22(21(29)11-17)35-9-10-37-27(35)36/h3-4,11-16H,5-10H2,1-2H3. The molecule has 0 bridgehead atoms. The van der Waals surface area contributed by atoms with E-state index in [9.17, 15) is 9.18 Å². The number of nitrogens with zero attached hydrogens (tertiary/aromatic N) is 6. The molecular weight excluding hydrogens is 494 g/mol. The third kappa shape index (κ3) is 4.31. The largest absolute Gasteiger partial charge is 0.447 e. The van der Waals surface area contributed by atoms with Gasteiger partial charge in [-0.1, -0.05) is 25.1 Å². The SMILES string of the molecule is CC(C)c1nc(C2CCN(c3ncnc4c(-c5ccc(N6CCOC6=O)c(F)c5)cc(F)cc34)CC2)no1. The maximum atomic E-state index is 15.1. The first-order chi connectivity index (χ1) is 18.4. The lowest BCUT2D eigenvalue weighted by atomic mass is 9.95. The fourth-order valence-corrected chi connectivity index (χ4v) is 5.09. The van der Waals surface area contributed by atoms with E-state index in [2.05, 4.69) is 25.0 Å². The molecule has 4 aromatic rings. The molecule has 0 saturated carbocycles. The Labute approximate surface area is 217 Å². The van der Waals surface area contributed by atoms with Crippen molar-refractivity contribution in [3.05, 3.63) is 60.0 Å². The van der Waals surface area contributed by atoms with Crippen molar-refractivity contribution in [3.63, 3.8) is 0 Å². The van der Waals surface area contributed by atoms with Crippen LogP contribution in [0.1, 0.15) is 50.2 Å². The van der Waals surface area contributed by atoms with Crippen LogP contribution in [0.5, 0.6) is 0 Å². The number of piperidine rings is 1. The van der Waals surface area contributed by atoms with E-state index in [0.717, 1.165) is 18.7 Å². The Morgan fingerprint density at radius 1 is 1.05 bits per heavy atom. The van der Waals surface area contributed by atoms with Crippen molar-refractivity contribution in [2.75, 3.05) is 36.0 Å². The van der Waals surface area contributed by atoms with Gasteiger partial charge in [-0.2, -0.15) is 4.98 Å². The number of benzene rings is 2. The normalized spacial score (nSPS) is 16.6. The molecule has 0 spiro atoms. The first kappa shape index (κ1) is 24.2. The zero-order valence-corrected chi connectivity index (χ0v) is 21.0. The number of cyclic esters (lactones) is 1. The van der Waals surface area contributed by atoms with Crippen LogP contribution in [-0.4, -0.2) is 52.4 Å². The fraction of sp³-hybridized carbons (Fsp3) is 0.370. The number of fused-ring (bicyclic) bond motifs is 1. The first-order valence-electron chi connectivity index (χ1n) is 12.7.